The first-order valence-corrected chi connectivity index (χ1v) is 4.36. The Kier molecular flexibility index (Phi) is 2.19. The second-order valence-electron chi connectivity index (χ2n) is 2.99. The van der Waals surface area contributed by atoms with Crippen molar-refractivity contribution >= 4 is 5.88 Å². The average molecular weight is 177 g/mol. The number of hydrogen-bond acceptors (Lipinski definition) is 4. The van der Waals surface area contributed by atoms with E-state index in [0.29, 0.717) is 5.76 Å². The van der Waals surface area contributed by atoms with Crippen molar-refractivity contribution in [2.45, 2.75) is 0 Å². The molecule has 13 heavy (non-hydrogen) atoms. The molecule has 1 aromatic heterocycles. The van der Waals surface area contributed by atoms with E-state index < -0.39 is 0 Å². The van der Waals surface area contributed by atoms with Crippen LogP contribution < -0.4 is 10.2 Å². The lowest BCUT2D eigenvalue weighted by Gasteiger charge is -2.26. The summed E-state index contributed by atoms with van der Waals surface area (Å²) in [6.07, 6.45) is 0. The van der Waals surface area contributed by atoms with Gasteiger partial charge in [-0.05, 0) is 6.07 Å². The van der Waals surface area contributed by atoms with Gasteiger partial charge in [-0.25, -0.2) is 0 Å². The lowest BCUT2D eigenvalue weighted by Crippen LogP contribution is -2.43. The monoisotopic (exact) mass is 177 g/mol. The zero-order valence-electron chi connectivity index (χ0n) is 7.29. The number of anilines is 1. The average Bonchev–Trinajstić information content (AvgIpc) is 2.67. The second-order valence-corrected chi connectivity index (χ2v) is 2.99. The van der Waals surface area contributed by atoms with E-state index in [-0.39, 0.29) is 0 Å². The van der Waals surface area contributed by atoms with Crippen LogP contribution in [0.15, 0.2) is 16.5 Å². The summed E-state index contributed by atoms with van der Waals surface area (Å²) in [5, 5.41) is 11.8. The number of piperazine rings is 1. The number of nitrogens with zero attached hydrogens (tertiary/aromatic N) is 2. The first-order valence-electron chi connectivity index (χ1n) is 4.36. The molecule has 0 unspecified atom stereocenters. The van der Waals surface area contributed by atoms with Crippen molar-refractivity contribution in [2.24, 2.45) is 0 Å². The van der Waals surface area contributed by atoms with Crippen LogP contribution in [-0.4, -0.2) is 26.2 Å². The minimum atomic E-state index is 0.383. The van der Waals surface area contributed by atoms with Gasteiger partial charge in [0.05, 0.1) is 0 Å². The molecular formula is C9H11N3O. The van der Waals surface area contributed by atoms with Crippen molar-refractivity contribution in [1.29, 1.82) is 5.26 Å². The summed E-state index contributed by atoms with van der Waals surface area (Å²) < 4.78 is 5.31. The Labute approximate surface area is 76.7 Å². The molecule has 0 amide bonds. The summed E-state index contributed by atoms with van der Waals surface area (Å²) in [5.41, 5.74) is 0. The van der Waals surface area contributed by atoms with Crippen LogP contribution in [0.2, 0.25) is 0 Å². The minimum absolute atomic E-state index is 0.383. The SMILES string of the molecule is N#Cc1ccc(N2CCNCC2)o1. The van der Waals surface area contributed by atoms with E-state index in [2.05, 4.69) is 10.2 Å². The lowest BCUT2D eigenvalue weighted by molar-refractivity contribution is 0.500. The van der Waals surface area contributed by atoms with Crippen LogP contribution in [0.1, 0.15) is 5.76 Å². The number of furan rings is 1. The van der Waals surface area contributed by atoms with Crippen molar-refractivity contribution < 1.29 is 4.42 Å². The third kappa shape index (κ3) is 1.65. The normalized spacial score (nSPS) is 17.0. The summed E-state index contributed by atoms with van der Waals surface area (Å²) in [5.74, 6) is 1.19. The Hall–Kier alpha value is -1.47. The third-order valence-corrected chi connectivity index (χ3v) is 2.13. The quantitative estimate of drug-likeness (QED) is 0.681. The topological polar surface area (TPSA) is 52.2 Å². The minimum Gasteiger partial charge on any atom is -0.430 e. The summed E-state index contributed by atoms with van der Waals surface area (Å²) in [4.78, 5) is 2.14. The van der Waals surface area contributed by atoms with Crippen molar-refractivity contribution in [3.05, 3.63) is 17.9 Å². The largest absolute Gasteiger partial charge is 0.430 e. The van der Waals surface area contributed by atoms with E-state index in [4.69, 9.17) is 9.68 Å². The Balaban J connectivity index is 2.11. The highest BCUT2D eigenvalue weighted by Gasteiger charge is 2.13. The first-order chi connectivity index (χ1) is 6.40. The highest BCUT2D eigenvalue weighted by molar-refractivity contribution is 5.39. The van der Waals surface area contributed by atoms with Crippen LogP contribution in [0.5, 0.6) is 0 Å². The van der Waals surface area contributed by atoms with Gasteiger partial charge in [0.1, 0.15) is 6.07 Å². The van der Waals surface area contributed by atoms with E-state index >= 15 is 0 Å². The molecule has 0 aliphatic carbocycles. The van der Waals surface area contributed by atoms with E-state index in [9.17, 15) is 0 Å². The van der Waals surface area contributed by atoms with Crippen molar-refractivity contribution in [3.63, 3.8) is 0 Å². The molecule has 0 aromatic carbocycles. The maximum atomic E-state index is 8.57. The highest BCUT2D eigenvalue weighted by atomic mass is 16.4. The van der Waals surface area contributed by atoms with Crippen LogP contribution in [0.25, 0.3) is 0 Å². The Morgan fingerprint density at radius 2 is 2.15 bits per heavy atom. The van der Waals surface area contributed by atoms with Gasteiger partial charge in [-0.3, -0.25) is 0 Å². The molecule has 2 heterocycles. The van der Waals surface area contributed by atoms with Gasteiger partial charge in [-0.2, -0.15) is 5.26 Å². The van der Waals surface area contributed by atoms with Gasteiger partial charge in [0.25, 0.3) is 0 Å². The summed E-state index contributed by atoms with van der Waals surface area (Å²) in [6, 6.07) is 5.53. The first kappa shape index (κ1) is 8.14. The third-order valence-electron chi connectivity index (χ3n) is 2.13. The molecule has 0 atom stereocenters. The van der Waals surface area contributed by atoms with E-state index in [1.165, 1.54) is 0 Å². The van der Waals surface area contributed by atoms with Gasteiger partial charge >= 0.3 is 0 Å². The molecule has 0 spiro atoms. The van der Waals surface area contributed by atoms with Gasteiger partial charge in [-0.1, -0.05) is 0 Å². The smallest absolute Gasteiger partial charge is 0.206 e. The van der Waals surface area contributed by atoms with Crippen LogP contribution in [0, 0.1) is 11.3 Å². The molecule has 0 saturated carbocycles. The number of hydrogen-bond donors (Lipinski definition) is 1. The van der Waals surface area contributed by atoms with Crippen LogP contribution in [0.3, 0.4) is 0 Å². The molecule has 1 fully saturated rings. The Bertz CT molecular complexity index is 320. The van der Waals surface area contributed by atoms with E-state index in [0.717, 1.165) is 32.1 Å². The molecule has 0 radical (unpaired) electrons. The maximum absolute atomic E-state index is 8.57. The molecule has 1 aliphatic rings. The van der Waals surface area contributed by atoms with Crippen molar-refractivity contribution in [1.82, 2.24) is 5.32 Å². The maximum Gasteiger partial charge on any atom is 0.206 e. The fraction of sp³-hybridized carbons (Fsp3) is 0.444. The fourth-order valence-electron chi connectivity index (χ4n) is 1.44. The van der Waals surface area contributed by atoms with Crippen molar-refractivity contribution in [3.8, 4) is 6.07 Å². The number of rotatable bonds is 1. The summed E-state index contributed by atoms with van der Waals surface area (Å²) >= 11 is 0. The Morgan fingerprint density at radius 3 is 2.77 bits per heavy atom. The van der Waals surface area contributed by atoms with Gasteiger partial charge in [-0.15, -0.1) is 0 Å². The van der Waals surface area contributed by atoms with Crippen molar-refractivity contribution in [2.75, 3.05) is 31.1 Å². The van der Waals surface area contributed by atoms with E-state index in [1.54, 1.807) is 6.07 Å². The molecule has 1 saturated heterocycles. The molecule has 1 N–H and O–H groups in total. The van der Waals surface area contributed by atoms with Gasteiger partial charge in [0.2, 0.25) is 5.76 Å². The zero-order valence-corrected chi connectivity index (χ0v) is 7.29. The molecule has 0 bridgehead atoms. The number of nitrogens with one attached hydrogen (secondary N) is 1. The van der Waals surface area contributed by atoms with Crippen LogP contribution >= 0.6 is 0 Å². The van der Waals surface area contributed by atoms with Crippen LogP contribution in [-0.2, 0) is 0 Å². The van der Waals surface area contributed by atoms with Gasteiger partial charge < -0.3 is 14.6 Å². The standard InChI is InChI=1S/C9H11N3O/c10-7-8-1-2-9(13-8)12-5-3-11-4-6-12/h1-2,11H,3-6H2. The highest BCUT2D eigenvalue weighted by Crippen LogP contribution is 2.17. The molecule has 1 aromatic rings. The predicted molar refractivity (Wildman–Crippen MR) is 48.5 cm³/mol. The molecule has 2 rings (SSSR count). The second kappa shape index (κ2) is 3.50. The molecule has 68 valence electrons. The molecule has 4 heteroatoms. The molecular weight excluding hydrogens is 166 g/mol. The van der Waals surface area contributed by atoms with Gasteiger partial charge in [0, 0.05) is 32.2 Å². The lowest BCUT2D eigenvalue weighted by atomic mass is 10.4. The fourth-order valence-corrected chi connectivity index (χ4v) is 1.44. The summed E-state index contributed by atoms with van der Waals surface area (Å²) in [6.45, 7) is 3.84. The predicted octanol–water partition coefficient (Wildman–Crippen LogP) is 0.561. The molecule has 4 nitrogen and oxygen atoms in total. The number of nitriles is 1. The van der Waals surface area contributed by atoms with Crippen LogP contribution in [0.4, 0.5) is 5.88 Å². The Morgan fingerprint density at radius 1 is 1.38 bits per heavy atom. The molecule has 1 aliphatic heterocycles. The zero-order chi connectivity index (χ0) is 9.10. The van der Waals surface area contributed by atoms with Gasteiger partial charge in [0.15, 0.2) is 5.88 Å². The summed E-state index contributed by atoms with van der Waals surface area (Å²) in [7, 11) is 0. The van der Waals surface area contributed by atoms with E-state index in [1.807, 2.05) is 12.1 Å².